The van der Waals surface area contributed by atoms with Crippen molar-refractivity contribution < 1.29 is 4.79 Å². The SMILES string of the molecule is CC(C)(Br)C(=O)N1CCC(C(C)(C)C)CC1. The van der Waals surface area contributed by atoms with E-state index >= 15 is 0 Å². The van der Waals surface area contributed by atoms with Crippen LogP contribution in [0.5, 0.6) is 0 Å². The van der Waals surface area contributed by atoms with Crippen molar-refractivity contribution in [3.8, 4) is 0 Å². The molecule has 0 aromatic carbocycles. The summed E-state index contributed by atoms with van der Waals surface area (Å²) in [6.45, 7) is 12.6. The van der Waals surface area contributed by atoms with Crippen LogP contribution >= 0.6 is 15.9 Å². The first-order valence-corrected chi connectivity index (χ1v) is 6.90. The first kappa shape index (κ1) is 14.0. The van der Waals surface area contributed by atoms with Crippen LogP contribution in [-0.4, -0.2) is 28.2 Å². The number of nitrogens with zero attached hydrogens (tertiary/aromatic N) is 1. The molecule has 0 aliphatic carbocycles. The van der Waals surface area contributed by atoms with Crippen LogP contribution in [0.3, 0.4) is 0 Å². The molecule has 0 N–H and O–H groups in total. The maximum Gasteiger partial charge on any atom is 0.238 e. The lowest BCUT2D eigenvalue weighted by atomic mass is 9.75. The zero-order valence-corrected chi connectivity index (χ0v) is 12.7. The van der Waals surface area contributed by atoms with E-state index in [2.05, 4.69) is 36.7 Å². The van der Waals surface area contributed by atoms with E-state index in [1.54, 1.807) is 0 Å². The van der Waals surface area contributed by atoms with Crippen molar-refractivity contribution in [3.05, 3.63) is 0 Å². The summed E-state index contributed by atoms with van der Waals surface area (Å²) < 4.78 is -0.415. The van der Waals surface area contributed by atoms with Crippen molar-refractivity contribution >= 4 is 21.8 Å². The summed E-state index contributed by atoms with van der Waals surface area (Å²) in [6, 6.07) is 0. The second-order valence-electron chi connectivity index (χ2n) is 6.40. The van der Waals surface area contributed by atoms with Gasteiger partial charge in [0.2, 0.25) is 5.91 Å². The van der Waals surface area contributed by atoms with Crippen LogP contribution in [-0.2, 0) is 4.79 Å². The minimum atomic E-state index is -0.415. The largest absolute Gasteiger partial charge is 0.341 e. The van der Waals surface area contributed by atoms with Crippen LogP contribution < -0.4 is 0 Å². The highest BCUT2D eigenvalue weighted by molar-refractivity contribution is 9.10. The Kier molecular flexibility index (Phi) is 4.09. The molecule has 0 bridgehead atoms. The molecule has 0 unspecified atom stereocenters. The van der Waals surface area contributed by atoms with E-state index in [1.807, 2.05) is 18.7 Å². The number of carbonyl (C=O) groups excluding carboxylic acids is 1. The molecule has 0 radical (unpaired) electrons. The molecule has 1 heterocycles. The maximum atomic E-state index is 12.1. The fraction of sp³-hybridized carbons (Fsp3) is 0.923. The molecular weight excluding hydrogens is 266 g/mol. The third-order valence-corrected chi connectivity index (χ3v) is 3.85. The lowest BCUT2D eigenvalue weighted by Crippen LogP contribution is -2.47. The number of likely N-dealkylation sites (tertiary alicyclic amines) is 1. The van der Waals surface area contributed by atoms with Crippen LogP contribution in [0.1, 0.15) is 47.5 Å². The molecule has 16 heavy (non-hydrogen) atoms. The van der Waals surface area contributed by atoms with Gasteiger partial charge < -0.3 is 4.90 Å². The Hall–Kier alpha value is -0.0500. The lowest BCUT2D eigenvalue weighted by Gasteiger charge is -2.40. The van der Waals surface area contributed by atoms with E-state index in [9.17, 15) is 4.79 Å². The molecular formula is C13H24BrNO. The quantitative estimate of drug-likeness (QED) is 0.677. The summed E-state index contributed by atoms with van der Waals surface area (Å²) in [5.41, 5.74) is 0.374. The molecule has 0 spiro atoms. The number of rotatable bonds is 1. The van der Waals surface area contributed by atoms with Gasteiger partial charge in [-0.05, 0) is 38.0 Å². The second-order valence-corrected chi connectivity index (χ2v) is 8.39. The highest BCUT2D eigenvalue weighted by atomic mass is 79.9. The number of amides is 1. The van der Waals surface area contributed by atoms with Crippen molar-refractivity contribution in [3.63, 3.8) is 0 Å². The molecule has 1 saturated heterocycles. The minimum absolute atomic E-state index is 0.222. The van der Waals surface area contributed by atoms with Gasteiger partial charge in [-0.15, -0.1) is 0 Å². The number of carbonyl (C=O) groups is 1. The Morgan fingerprint density at radius 3 is 1.88 bits per heavy atom. The predicted molar refractivity (Wildman–Crippen MR) is 71.8 cm³/mol. The molecule has 1 fully saturated rings. The van der Waals surface area contributed by atoms with Crippen molar-refractivity contribution in [2.45, 2.75) is 51.8 Å². The number of halogens is 1. The third kappa shape index (κ3) is 3.47. The normalized spacial score (nSPS) is 20.0. The molecule has 1 rings (SSSR count). The summed E-state index contributed by atoms with van der Waals surface area (Å²) in [6.07, 6.45) is 2.27. The first-order chi connectivity index (χ1) is 7.12. The zero-order valence-electron chi connectivity index (χ0n) is 11.1. The maximum absolute atomic E-state index is 12.1. The van der Waals surface area contributed by atoms with Crippen LogP contribution in [0.25, 0.3) is 0 Å². The summed E-state index contributed by atoms with van der Waals surface area (Å²) in [4.78, 5) is 14.1. The number of hydrogen-bond acceptors (Lipinski definition) is 1. The van der Waals surface area contributed by atoms with E-state index < -0.39 is 4.32 Å². The van der Waals surface area contributed by atoms with E-state index in [0.29, 0.717) is 5.41 Å². The van der Waals surface area contributed by atoms with E-state index in [4.69, 9.17) is 0 Å². The van der Waals surface area contributed by atoms with Crippen LogP contribution in [0, 0.1) is 11.3 Å². The molecule has 1 amide bonds. The monoisotopic (exact) mass is 289 g/mol. The van der Waals surface area contributed by atoms with Crippen LogP contribution in [0.15, 0.2) is 0 Å². The molecule has 94 valence electrons. The summed E-state index contributed by atoms with van der Waals surface area (Å²) >= 11 is 3.44. The number of alkyl halides is 1. The highest BCUT2D eigenvalue weighted by Gasteiger charge is 2.34. The summed E-state index contributed by atoms with van der Waals surface area (Å²) in [5, 5.41) is 0. The van der Waals surface area contributed by atoms with Gasteiger partial charge in [-0.3, -0.25) is 4.79 Å². The molecule has 0 atom stereocenters. The zero-order chi connectivity index (χ0) is 12.6. The molecule has 0 saturated carbocycles. The molecule has 1 aliphatic heterocycles. The van der Waals surface area contributed by atoms with Gasteiger partial charge in [0.05, 0.1) is 4.32 Å². The molecule has 0 aromatic rings. The van der Waals surface area contributed by atoms with E-state index in [1.165, 1.54) is 0 Å². The van der Waals surface area contributed by atoms with Crippen molar-refractivity contribution in [1.29, 1.82) is 0 Å². The third-order valence-electron chi connectivity index (χ3n) is 3.52. The van der Waals surface area contributed by atoms with Gasteiger partial charge in [-0.2, -0.15) is 0 Å². The van der Waals surface area contributed by atoms with Crippen molar-refractivity contribution in [1.82, 2.24) is 4.90 Å². The Bertz CT molecular complexity index is 254. The average Bonchev–Trinajstić information content (AvgIpc) is 2.14. The lowest BCUT2D eigenvalue weighted by molar-refractivity contribution is -0.134. The van der Waals surface area contributed by atoms with Crippen LogP contribution in [0.2, 0.25) is 0 Å². The van der Waals surface area contributed by atoms with Gasteiger partial charge in [0.25, 0.3) is 0 Å². The van der Waals surface area contributed by atoms with Gasteiger partial charge >= 0.3 is 0 Å². The van der Waals surface area contributed by atoms with Gasteiger partial charge in [-0.25, -0.2) is 0 Å². The molecule has 3 heteroatoms. The highest BCUT2D eigenvalue weighted by Crippen LogP contribution is 2.35. The number of piperidine rings is 1. The fourth-order valence-corrected chi connectivity index (χ4v) is 2.58. The topological polar surface area (TPSA) is 20.3 Å². The Morgan fingerprint density at radius 2 is 1.56 bits per heavy atom. The van der Waals surface area contributed by atoms with Crippen molar-refractivity contribution in [2.24, 2.45) is 11.3 Å². The van der Waals surface area contributed by atoms with Crippen LogP contribution in [0.4, 0.5) is 0 Å². The Labute approximate surface area is 108 Å². The molecule has 2 nitrogen and oxygen atoms in total. The number of hydrogen-bond donors (Lipinski definition) is 0. The second kappa shape index (κ2) is 4.67. The van der Waals surface area contributed by atoms with Gasteiger partial charge in [0.1, 0.15) is 0 Å². The van der Waals surface area contributed by atoms with Gasteiger partial charge in [-0.1, -0.05) is 36.7 Å². The predicted octanol–water partition coefficient (Wildman–Crippen LogP) is 3.44. The summed E-state index contributed by atoms with van der Waals surface area (Å²) in [7, 11) is 0. The first-order valence-electron chi connectivity index (χ1n) is 6.10. The van der Waals surface area contributed by atoms with Gasteiger partial charge in [0, 0.05) is 13.1 Å². The minimum Gasteiger partial charge on any atom is -0.341 e. The van der Waals surface area contributed by atoms with E-state index in [-0.39, 0.29) is 5.91 Å². The molecule has 0 aromatic heterocycles. The van der Waals surface area contributed by atoms with E-state index in [0.717, 1.165) is 31.8 Å². The average molecular weight is 290 g/mol. The molecule has 1 aliphatic rings. The smallest absolute Gasteiger partial charge is 0.238 e. The standard InChI is InChI=1S/C13H24BrNO/c1-12(2,3)10-6-8-15(9-7-10)11(16)13(4,5)14/h10H,6-9H2,1-5H3. The fourth-order valence-electron chi connectivity index (χ4n) is 2.32. The van der Waals surface area contributed by atoms with Crippen molar-refractivity contribution in [2.75, 3.05) is 13.1 Å². The Morgan fingerprint density at radius 1 is 1.12 bits per heavy atom. The Balaban J connectivity index is 2.53. The van der Waals surface area contributed by atoms with Gasteiger partial charge in [0.15, 0.2) is 0 Å². The summed E-state index contributed by atoms with van der Waals surface area (Å²) in [5.74, 6) is 0.967.